The van der Waals surface area contributed by atoms with Crippen LogP contribution in [-0.2, 0) is 9.59 Å². The minimum Gasteiger partial charge on any atom is -0.303 e. The normalized spacial score (nSPS) is 30.5. The van der Waals surface area contributed by atoms with Gasteiger partial charge in [-0.2, -0.15) is 0 Å². The average molecular weight is 264 g/mol. The Morgan fingerprint density at radius 1 is 0.895 bits per heavy atom. The summed E-state index contributed by atoms with van der Waals surface area (Å²) in [6.45, 7) is 0. The van der Waals surface area contributed by atoms with Crippen LogP contribution in [0.4, 0.5) is 0 Å². The van der Waals surface area contributed by atoms with Crippen molar-refractivity contribution >= 4 is 11.8 Å². The van der Waals surface area contributed by atoms with Crippen molar-refractivity contribution < 1.29 is 9.59 Å². The zero-order chi connectivity index (χ0) is 13.2. The number of nitrogens with one attached hydrogen (secondary N) is 1. The molecule has 2 amide bonds. The Kier molecular flexibility index (Phi) is 3.87. The molecular weight excluding hydrogens is 240 g/mol. The topological polar surface area (TPSA) is 49.4 Å². The van der Waals surface area contributed by atoms with Gasteiger partial charge in [0.2, 0.25) is 11.8 Å². The molecule has 1 saturated heterocycles. The molecule has 0 aromatic heterocycles. The van der Waals surface area contributed by atoms with Gasteiger partial charge in [0, 0.05) is 12.1 Å². The summed E-state index contributed by atoms with van der Waals surface area (Å²) in [7, 11) is 0. The van der Waals surface area contributed by atoms with Gasteiger partial charge in [-0.3, -0.25) is 14.5 Å². The van der Waals surface area contributed by atoms with Crippen molar-refractivity contribution in [2.75, 3.05) is 0 Å². The van der Waals surface area contributed by atoms with Crippen LogP contribution < -0.4 is 5.32 Å². The second kappa shape index (κ2) is 5.61. The highest BCUT2D eigenvalue weighted by atomic mass is 16.2. The second-order valence-electron chi connectivity index (χ2n) is 6.30. The molecule has 4 nitrogen and oxygen atoms in total. The van der Waals surface area contributed by atoms with Crippen molar-refractivity contribution in [1.29, 1.82) is 0 Å². The van der Waals surface area contributed by atoms with E-state index in [1.165, 1.54) is 37.0 Å². The van der Waals surface area contributed by atoms with E-state index in [-0.39, 0.29) is 23.9 Å². The third-order valence-electron chi connectivity index (χ3n) is 4.64. The Balaban J connectivity index is 1.56. The van der Waals surface area contributed by atoms with Crippen LogP contribution >= 0.6 is 0 Å². The van der Waals surface area contributed by atoms with Gasteiger partial charge in [-0.1, -0.05) is 32.1 Å². The molecule has 1 N–H and O–H groups in total. The molecule has 1 aliphatic heterocycles. The Morgan fingerprint density at radius 3 is 2.16 bits per heavy atom. The number of imide groups is 1. The summed E-state index contributed by atoms with van der Waals surface area (Å²) < 4.78 is 0. The highest BCUT2D eigenvalue weighted by Crippen LogP contribution is 2.31. The number of rotatable bonds is 3. The van der Waals surface area contributed by atoms with Crippen molar-refractivity contribution in [3.8, 4) is 0 Å². The van der Waals surface area contributed by atoms with Crippen LogP contribution in [0.15, 0.2) is 0 Å². The molecule has 19 heavy (non-hydrogen) atoms. The monoisotopic (exact) mass is 264 g/mol. The van der Waals surface area contributed by atoms with Gasteiger partial charge in [-0.05, 0) is 25.7 Å². The van der Waals surface area contributed by atoms with Crippen LogP contribution in [0.3, 0.4) is 0 Å². The summed E-state index contributed by atoms with van der Waals surface area (Å²) in [6.07, 6.45) is 11.2. The molecule has 3 rings (SSSR count). The average Bonchev–Trinajstić information content (AvgIpc) is 3.11. The molecule has 0 bridgehead atoms. The fourth-order valence-electron chi connectivity index (χ4n) is 3.40. The number of hydrogen-bond acceptors (Lipinski definition) is 3. The SMILES string of the molecule is O=C1CC(NC2CCCCCCC2)C(=O)N1C1CC1. The Hall–Kier alpha value is -0.900. The molecule has 1 unspecified atom stereocenters. The van der Waals surface area contributed by atoms with Gasteiger partial charge in [-0.15, -0.1) is 0 Å². The Morgan fingerprint density at radius 2 is 1.53 bits per heavy atom. The van der Waals surface area contributed by atoms with Crippen molar-refractivity contribution in [3.63, 3.8) is 0 Å². The lowest BCUT2D eigenvalue weighted by atomic mass is 9.96. The Labute approximate surface area is 114 Å². The summed E-state index contributed by atoms with van der Waals surface area (Å²) in [5.41, 5.74) is 0. The number of amides is 2. The van der Waals surface area contributed by atoms with Crippen LogP contribution in [0.1, 0.15) is 64.2 Å². The van der Waals surface area contributed by atoms with Crippen molar-refractivity contribution in [3.05, 3.63) is 0 Å². The number of hydrogen-bond donors (Lipinski definition) is 1. The van der Waals surface area contributed by atoms with Gasteiger partial charge < -0.3 is 5.32 Å². The second-order valence-corrected chi connectivity index (χ2v) is 6.30. The van der Waals surface area contributed by atoms with E-state index in [0.29, 0.717) is 12.5 Å². The molecule has 3 fully saturated rings. The van der Waals surface area contributed by atoms with Crippen molar-refractivity contribution in [2.24, 2.45) is 0 Å². The van der Waals surface area contributed by atoms with E-state index in [9.17, 15) is 9.59 Å². The van der Waals surface area contributed by atoms with E-state index in [2.05, 4.69) is 5.32 Å². The maximum absolute atomic E-state index is 12.3. The minimum atomic E-state index is -0.238. The Bertz CT molecular complexity index is 357. The van der Waals surface area contributed by atoms with Gasteiger partial charge in [-0.25, -0.2) is 0 Å². The maximum atomic E-state index is 12.3. The zero-order valence-electron chi connectivity index (χ0n) is 11.6. The van der Waals surface area contributed by atoms with Crippen LogP contribution in [-0.4, -0.2) is 34.8 Å². The predicted octanol–water partition coefficient (Wildman–Crippen LogP) is 1.98. The molecule has 1 heterocycles. The van der Waals surface area contributed by atoms with Crippen LogP contribution in [0.25, 0.3) is 0 Å². The van der Waals surface area contributed by atoms with E-state index in [1.54, 1.807) is 0 Å². The molecule has 2 aliphatic carbocycles. The highest BCUT2D eigenvalue weighted by Gasteiger charge is 2.46. The van der Waals surface area contributed by atoms with Crippen LogP contribution in [0, 0.1) is 0 Å². The fourth-order valence-corrected chi connectivity index (χ4v) is 3.40. The molecule has 0 radical (unpaired) electrons. The van der Waals surface area contributed by atoms with E-state index >= 15 is 0 Å². The quantitative estimate of drug-likeness (QED) is 0.793. The molecule has 3 aliphatic rings. The summed E-state index contributed by atoms with van der Waals surface area (Å²) >= 11 is 0. The van der Waals surface area contributed by atoms with Gasteiger partial charge in [0.05, 0.1) is 12.5 Å². The van der Waals surface area contributed by atoms with Crippen LogP contribution in [0.5, 0.6) is 0 Å². The lowest BCUT2D eigenvalue weighted by molar-refractivity contribution is -0.139. The third kappa shape index (κ3) is 2.99. The first-order valence-corrected chi connectivity index (χ1v) is 7.87. The van der Waals surface area contributed by atoms with E-state index in [1.807, 2.05) is 0 Å². The van der Waals surface area contributed by atoms with Crippen LogP contribution in [0.2, 0.25) is 0 Å². The minimum absolute atomic E-state index is 0.0366. The largest absolute Gasteiger partial charge is 0.303 e. The van der Waals surface area contributed by atoms with Crippen molar-refractivity contribution in [2.45, 2.75) is 82.3 Å². The predicted molar refractivity (Wildman–Crippen MR) is 72.5 cm³/mol. The smallest absolute Gasteiger partial charge is 0.247 e. The molecule has 1 atom stereocenters. The maximum Gasteiger partial charge on any atom is 0.247 e. The summed E-state index contributed by atoms with van der Waals surface area (Å²) in [5.74, 6) is 0.0744. The van der Waals surface area contributed by atoms with E-state index in [4.69, 9.17) is 0 Å². The first kappa shape index (κ1) is 13.1. The number of carbonyl (C=O) groups is 2. The van der Waals surface area contributed by atoms with Crippen molar-refractivity contribution in [1.82, 2.24) is 10.2 Å². The van der Waals surface area contributed by atoms with E-state index < -0.39 is 0 Å². The van der Waals surface area contributed by atoms with Gasteiger partial charge in [0.1, 0.15) is 0 Å². The molecular formula is C15H24N2O2. The molecule has 4 heteroatoms. The standard InChI is InChI=1S/C15H24N2O2/c18-14-10-13(15(19)17(14)12-8-9-12)16-11-6-4-2-1-3-5-7-11/h11-13,16H,1-10H2. The fraction of sp³-hybridized carbons (Fsp3) is 0.867. The molecule has 0 spiro atoms. The highest BCUT2D eigenvalue weighted by molar-refractivity contribution is 6.06. The number of likely N-dealkylation sites (tertiary alicyclic amines) is 1. The van der Waals surface area contributed by atoms with E-state index in [0.717, 1.165) is 25.7 Å². The number of nitrogens with zero attached hydrogens (tertiary/aromatic N) is 1. The molecule has 0 aromatic carbocycles. The first-order valence-electron chi connectivity index (χ1n) is 7.87. The molecule has 0 aromatic rings. The third-order valence-corrected chi connectivity index (χ3v) is 4.64. The number of carbonyl (C=O) groups excluding carboxylic acids is 2. The lowest BCUT2D eigenvalue weighted by Crippen LogP contribution is -2.44. The molecule has 106 valence electrons. The van der Waals surface area contributed by atoms with Gasteiger partial charge in [0.25, 0.3) is 0 Å². The summed E-state index contributed by atoms with van der Waals surface area (Å²) in [5, 5.41) is 3.47. The zero-order valence-corrected chi connectivity index (χ0v) is 11.6. The molecule has 2 saturated carbocycles. The lowest BCUT2D eigenvalue weighted by Gasteiger charge is -2.24. The van der Waals surface area contributed by atoms with Gasteiger partial charge >= 0.3 is 0 Å². The first-order chi connectivity index (χ1) is 9.25. The summed E-state index contributed by atoms with van der Waals surface area (Å²) in [4.78, 5) is 25.7. The van der Waals surface area contributed by atoms with Gasteiger partial charge in [0.15, 0.2) is 0 Å². The summed E-state index contributed by atoms with van der Waals surface area (Å²) in [6, 6.07) is 0.419.